The van der Waals surface area contributed by atoms with E-state index in [1.807, 2.05) is 30.3 Å². The molecule has 0 amide bonds. The van der Waals surface area contributed by atoms with Gasteiger partial charge in [0.1, 0.15) is 6.54 Å². The summed E-state index contributed by atoms with van der Waals surface area (Å²) in [4.78, 5) is 15.7. The summed E-state index contributed by atoms with van der Waals surface area (Å²) in [6.07, 6.45) is 3.85. The maximum Gasteiger partial charge on any atom is 0.327 e. The number of esters is 1. The van der Waals surface area contributed by atoms with Crippen molar-refractivity contribution < 1.29 is 9.53 Å². The third kappa shape index (κ3) is 5.01. The van der Waals surface area contributed by atoms with E-state index in [-0.39, 0.29) is 12.5 Å². The second-order valence-electron chi connectivity index (χ2n) is 7.27. The van der Waals surface area contributed by atoms with Crippen molar-refractivity contribution in [3.8, 4) is 11.4 Å². The summed E-state index contributed by atoms with van der Waals surface area (Å²) in [6.45, 7) is 1.51. The smallest absolute Gasteiger partial charge is 0.327 e. The van der Waals surface area contributed by atoms with E-state index in [4.69, 9.17) is 0 Å². The van der Waals surface area contributed by atoms with Crippen molar-refractivity contribution in [3.05, 3.63) is 108 Å². The van der Waals surface area contributed by atoms with Crippen molar-refractivity contribution in [2.24, 2.45) is 4.99 Å². The Morgan fingerprint density at radius 3 is 2.19 bits per heavy atom. The second-order valence-corrected chi connectivity index (χ2v) is 7.27. The number of carbonyl (C=O) groups excluding carboxylic acids is 1. The minimum atomic E-state index is -0.352. The molecule has 31 heavy (non-hydrogen) atoms. The summed E-state index contributed by atoms with van der Waals surface area (Å²) in [6, 6.07) is 29.1. The Morgan fingerprint density at radius 1 is 0.839 bits per heavy atom. The van der Waals surface area contributed by atoms with Gasteiger partial charge >= 0.3 is 5.97 Å². The van der Waals surface area contributed by atoms with Crippen LogP contribution in [0.4, 0.5) is 0 Å². The standard InChI is InChI=1S/C26H25N3O2/c1-31-26(30)18-27-17-23-14-15-25(29(23)20-22-11-6-3-7-12-22)24-13-8-16-28(24)19-21-9-4-2-5-10-21/h2-17H,18-20H2,1H3. The highest BCUT2D eigenvalue weighted by molar-refractivity contribution is 5.82. The molecule has 0 radical (unpaired) electrons. The lowest BCUT2D eigenvalue weighted by Gasteiger charge is -2.15. The van der Waals surface area contributed by atoms with Gasteiger partial charge in [-0.3, -0.25) is 9.79 Å². The lowest BCUT2D eigenvalue weighted by Crippen LogP contribution is -2.09. The molecule has 0 spiro atoms. The Kier molecular flexibility index (Phi) is 6.43. The van der Waals surface area contributed by atoms with E-state index < -0.39 is 0 Å². The van der Waals surface area contributed by atoms with Crippen molar-refractivity contribution in [3.63, 3.8) is 0 Å². The van der Waals surface area contributed by atoms with Crippen LogP contribution in [-0.2, 0) is 22.6 Å². The SMILES string of the molecule is COC(=O)CN=Cc1ccc(-c2cccn2Cc2ccccc2)n1Cc1ccccc1. The molecule has 0 fully saturated rings. The monoisotopic (exact) mass is 411 g/mol. The molecule has 156 valence electrons. The average Bonchev–Trinajstić information content (AvgIpc) is 3.42. The first-order valence-electron chi connectivity index (χ1n) is 10.2. The molecule has 5 nitrogen and oxygen atoms in total. The predicted molar refractivity (Wildman–Crippen MR) is 123 cm³/mol. The molecule has 2 heterocycles. The van der Waals surface area contributed by atoms with Gasteiger partial charge in [0.15, 0.2) is 0 Å². The van der Waals surface area contributed by atoms with Crippen LogP contribution in [0, 0.1) is 0 Å². The van der Waals surface area contributed by atoms with Gasteiger partial charge in [0.2, 0.25) is 0 Å². The number of aliphatic imine (C=N–C) groups is 1. The first-order chi connectivity index (χ1) is 15.2. The van der Waals surface area contributed by atoms with Crippen LogP contribution < -0.4 is 0 Å². The third-order valence-electron chi connectivity index (χ3n) is 5.16. The van der Waals surface area contributed by atoms with Gasteiger partial charge in [-0.2, -0.15) is 0 Å². The van der Waals surface area contributed by atoms with Crippen molar-refractivity contribution in [1.82, 2.24) is 9.13 Å². The van der Waals surface area contributed by atoms with E-state index in [0.717, 1.165) is 23.6 Å². The van der Waals surface area contributed by atoms with E-state index in [0.29, 0.717) is 6.54 Å². The fourth-order valence-electron chi connectivity index (χ4n) is 3.61. The largest absolute Gasteiger partial charge is 0.468 e. The fourth-order valence-corrected chi connectivity index (χ4v) is 3.61. The summed E-state index contributed by atoms with van der Waals surface area (Å²) in [5.74, 6) is -0.352. The van der Waals surface area contributed by atoms with Crippen LogP contribution in [0.1, 0.15) is 16.8 Å². The molecule has 4 aromatic rings. The average molecular weight is 412 g/mol. The van der Waals surface area contributed by atoms with E-state index in [2.05, 4.69) is 79.7 Å². The number of carbonyl (C=O) groups is 1. The van der Waals surface area contributed by atoms with Crippen molar-refractivity contribution in [2.45, 2.75) is 13.1 Å². The molecule has 2 aromatic carbocycles. The minimum absolute atomic E-state index is 0.00668. The molecule has 0 bridgehead atoms. The van der Waals surface area contributed by atoms with Gasteiger partial charge in [-0.15, -0.1) is 0 Å². The molecule has 0 unspecified atom stereocenters. The van der Waals surface area contributed by atoms with Crippen molar-refractivity contribution >= 4 is 12.2 Å². The second kappa shape index (κ2) is 9.76. The molecular weight excluding hydrogens is 386 g/mol. The first kappa shape index (κ1) is 20.4. The van der Waals surface area contributed by atoms with Gasteiger partial charge in [0, 0.05) is 25.5 Å². The van der Waals surface area contributed by atoms with Crippen LogP contribution in [0.25, 0.3) is 11.4 Å². The van der Waals surface area contributed by atoms with Gasteiger partial charge < -0.3 is 13.9 Å². The molecule has 0 aliphatic heterocycles. The van der Waals surface area contributed by atoms with Crippen LogP contribution >= 0.6 is 0 Å². The van der Waals surface area contributed by atoms with Crippen molar-refractivity contribution in [1.29, 1.82) is 0 Å². The Hall–Kier alpha value is -3.86. The number of nitrogens with zero attached hydrogens (tertiary/aromatic N) is 3. The molecule has 4 rings (SSSR count). The third-order valence-corrected chi connectivity index (χ3v) is 5.16. The minimum Gasteiger partial charge on any atom is -0.468 e. The highest BCUT2D eigenvalue weighted by Crippen LogP contribution is 2.25. The number of hydrogen-bond donors (Lipinski definition) is 0. The fraction of sp³-hybridized carbons (Fsp3) is 0.154. The molecule has 2 aromatic heterocycles. The molecule has 5 heteroatoms. The van der Waals surface area contributed by atoms with E-state index in [1.165, 1.54) is 18.2 Å². The van der Waals surface area contributed by atoms with Gasteiger partial charge in [-0.1, -0.05) is 60.7 Å². The van der Waals surface area contributed by atoms with Crippen LogP contribution in [0.3, 0.4) is 0 Å². The number of hydrogen-bond acceptors (Lipinski definition) is 3. The normalized spacial score (nSPS) is 11.1. The number of methoxy groups -OCH3 is 1. The maximum absolute atomic E-state index is 11.4. The zero-order valence-corrected chi connectivity index (χ0v) is 17.5. The Bertz CT molecular complexity index is 1160. The first-order valence-corrected chi connectivity index (χ1v) is 10.2. The van der Waals surface area contributed by atoms with Gasteiger partial charge in [-0.25, -0.2) is 0 Å². The number of aromatic nitrogens is 2. The number of rotatable bonds is 8. The summed E-state index contributed by atoms with van der Waals surface area (Å²) < 4.78 is 9.17. The molecule has 0 aliphatic carbocycles. The van der Waals surface area contributed by atoms with Crippen molar-refractivity contribution in [2.75, 3.05) is 13.7 Å². The Balaban J connectivity index is 1.69. The number of benzene rings is 2. The predicted octanol–water partition coefficient (Wildman–Crippen LogP) is 4.65. The topological polar surface area (TPSA) is 48.5 Å². The zero-order chi connectivity index (χ0) is 21.5. The summed E-state index contributed by atoms with van der Waals surface area (Å²) in [5.41, 5.74) is 5.62. The quantitative estimate of drug-likeness (QED) is 0.313. The van der Waals surface area contributed by atoms with Crippen LogP contribution in [-0.4, -0.2) is 35.0 Å². The Morgan fingerprint density at radius 2 is 1.52 bits per heavy atom. The molecule has 0 saturated carbocycles. The lowest BCUT2D eigenvalue weighted by molar-refractivity contribution is -0.138. The lowest BCUT2D eigenvalue weighted by atomic mass is 10.2. The number of ether oxygens (including phenoxy) is 1. The Labute approximate surface area is 182 Å². The zero-order valence-electron chi connectivity index (χ0n) is 17.5. The summed E-state index contributed by atoms with van der Waals surface area (Å²) in [7, 11) is 1.37. The molecule has 0 atom stereocenters. The van der Waals surface area contributed by atoms with E-state index in [9.17, 15) is 4.79 Å². The maximum atomic E-state index is 11.4. The van der Waals surface area contributed by atoms with E-state index in [1.54, 1.807) is 6.21 Å². The van der Waals surface area contributed by atoms with Crippen LogP contribution in [0.15, 0.2) is 96.1 Å². The molecular formula is C26H25N3O2. The van der Waals surface area contributed by atoms with Crippen LogP contribution in [0.5, 0.6) is 0 Å². The highest BCUT2D eigenvalue weighted by atomic mass is 16.5. The molecule has 0 N–H and O–H groups in total. The summed E-state index contributed by atoms with van der Waals surface area (Å²) in [5, 5.41) is 0. The molecule has 0 aliphatic rings. The van der Waals surface area contributed by atoms with Crippen LogP contribution in [0.2, 0.25) is 0 Å². The molecule has 0 saturated heterocycles. The van der Waals surface area contributed by atoms with Gasteiger partial charge in [0.25, 0.3) is 0 Å². The van der Waals surface area contributed by atoms with Gasteiger partial charge in [0.05, 0.1) is 24.2 Å². The van der Waals surface area contributed by atoms with Gasteiger partial charge in [-0.05, 0) is 35.4 Å². The van der Waals surface area contributed by atoms with E-state index >= 15 is 0 Å². The summed E-state index contributed by atoms with van der Waals surface area (Å²) >= 11 is 0. The highest BCUT2D eigenvalue weighted by Gasteiger charge is 2.13.